The third kappa shape index (κ3) is 3.12. The van der Waals surface area contributed by atoms with Gasteiger partial charge in [-0.25, -0.2) is 9.98 Å². The van der Waals surface area contributed by atoms with Crippen molar-refractivity contribution in [2.45, 2.75) is 25.5 Å². The molecule has 0 fully saturated rings. The molecule has 1 aromatic carbocycles. The zero-order chi connectivity index (χ0) is 18.1. The van der Waals surface area contributed by atoms with Gasteiger partial charge in [0.2, 0.25) is 0 Å². The summed E-state index contributed by atoms with van der Waals surface area (Å²) in [7, 11) is 1.90. The molecule has 0 saturated heterocycles. The number of aryl methyl sites for hydroxylation is 1. The quantitative estimate of drug-likeness (QED) is 0.511. The predicted molar refractivity (Wildman–Crippen MR) is 102 cm³/mol. The summed E-state index contributed by atoms with van der Waals surface area (Å²) < 4.78 is 3.97. The molecule has 1 atom stereocenters. The number of aromatic nitrogens is 4. The molecule has 0 amide bonds. The molecule has 26 heavy (non-hydrogen) atoms. The van der Waals surface area contributed by atoms with Crippen molar-refractivity contribution < 1.29 is 0 Å². The molecule has 1 unspecified atom stereocenters. The second-order valence-electron chi connectivity index (χ2n) is 6.43. The van der Waals surface area contributed by atoms with E-state index in [1.54, 1.807) is 4.68 Å². The molecule has 0 N–H and O–H groups in total. The van der Waals surface area contributed by atoms with E-state index in [4.69, 9.17) is 16.6 Å². The number of halogens is 1. The number of hydrogen-bond donors (Lipinski definition) is 0. The molecule has 7 heteroatoms. The van der Waals surface area contributed by atoms with Gasteiger partial charge in [-0.1, -0.05) is 48.9 Å². The first kappa shape index (κ1) is 16.8. The second kappa shape index (κ2) is 6.96. The molecular formula is C19H21ClN6. The molecule has 0 spiro atoms. The summed E-state index contributed by atoms with van der Waals surface area (Å²) in [5.41, 5.74) is 2.45. The summed E-state index contributed by atoms with van der Waals surface area (Å²) in [6, 6.07) is 10.4. The third-order valence-corrected chi connectivity index (χ3v) is 4.75. The Kier molecular flexibility index (Phi) is 4.51. The average Bonchev–Trinajstić information content (AvgIpc) is 3.21. The zero-order valence-electron chi connectivity index (χ0n) is 14.9. The lowest BCUT2D eigenvalue weighted by molar-refractivity contribution is 0.374. The van der Waals surface area contributed by atoms with Gasteiger partial charge in [0, 0.05) is 32.5 Å². The minimum Gasteiger partial charge on any atom is -0.341 e. The van der Waals surface area contributed by atoms with Gasteiger partial charge in [0.05, 0.1) is 11.8 Å². The van der Waals surface area contributed by atoms with E-state index in [2.05, 4.69) is 56.9 Å². The van der Waals surface area contributed by atoms with Crippen molar-refractivity contribution in [1.82, 2.24) is 24.2 Å². The number of hydrogen-bond acceptors (Lipinski definition) is 4. The third-order valence-electron chi connectivity index (χ3n) is 4.41. The standard InChI is InChI=1S/C19H21ClN6/c1-3-9-25-13-16-17(23-19(25)20)22-18(15-10-21-24(2)12-15)26(16)11-14-7-5-4-6-8-14/h4-8,10,12-13,19H,3,9,11H2,1-2H3. The van der Waals surface area contributed by atoms with Crippen LogP contribution in [0.1, 0.15) is 18.9 Å². The maximum absolute atomic E-state index is 6.42. The molecule has 6 nitrogen and oxygen atoms in total. The molecule has 1 aliphatic heterocycles. The lowest BCUT2D eigenvalue weighted by atomic mass is 10.2. The number of alkyl halides is 1. The van der Waals surface area contributed by atoms with E-state index in [-0.39, 0.29) is 0 Å². The van der Waals surface area contributed by atoms with Gasteiger partial charge in [-0.15, -0.1) is 0 Å². The van der Waals surface area contributed by atoms with E-state index in [1.165, 1.54) is 5.56 Å². The first-order valence-electron chi connectivity index (χ1n) is 8.74. The Balaban J connectivity index is 1.89. The molecule has 1 aliphatic rings. The Morgan fingerprint density at radius 3 is 2.69 bits per heavy atom. The van der Waals surface area contributed by atoms with Gasteiger partial charge in [0.1, 0.15) is 11.2 Å². The van der Waals surface area contributed by atoms with Crippen molar-refractivity contribution >= 4 is 17.8 Å². The van der Waals surface area contributed by atoms with Crippen molar-refractivity contribution in [2.24, 2.45) is 12.0 Å². The number of imidazole rings is 1. The van der Waals surface area contributed by atoms with Gasteiger partial charge in [-0.3, -0.25) is 4.68 Å². The monoisotopic (exact) mass is 368 g/mol. The molecule has 3 aromatic rings. The van der Waals surface area contributed by atoms with Crippen LogP contribution in [0.5, 0.6) is 0 Å². The molecule has 0 saturated carbocycles. The molecule has 2 aromatic heterocycles. The second-order valence-corrected chi connectivity index (χ2v) is 6.82. The molecule has 0 radical (unpaired) electrons. The summed E-state index contributed by atoms with van der Waals surface area (Å²) in [5, 5.41) is 5.28. The molecular weight excluding hydrogens is 348 g/mol. The zero-order valence-corrected chi connectivity index (χ0v) is 15.6. The van der Waals surface area contributed by atoms with E-state index < -0.39 is 5.62 Å². The van der Waals surface area contributed by atoms with E-state index in [0.717, 1.165) is 29.7 Å². The van der Waals surface area contributed by atoms with E-state index in [1.807, 2.05) is 25.5 Å². The van der Waals surface area contributed by atoms with Crippen molar-refractivity contribution in [1.29, 1.82) is 0 Å². The van der Waals surface area contributed by atoms with Crippen LogP contribution < -0.4 is 10.8 Å². The highest BCUT2D eigenvalue weighted by molar-refractivity contribution is 6.20. The topological polar surface area (TPSA) is 51.2 Å². The normalized spacial score (nSPS) is 16.1. The van der Waals surface area contributed by atoms with Crippen LogP contribution >= 0.6 is 11.6 Å². The Hall–Kier alpha value is -2.60. The van der Waals surface area contributed by atoms with Gasteiger partial charge >= 0.3 is 0 Å². The van der Waals surface area contributed by atoms with E-state index in [0.29, 0.717) is 12.0 Å². The maximum Gasteiger partial charge on any atom is 0.199 e. The Morgan fingerprint density at radius 1 is 1.19 bits per heavy atom. The fourth-order valence-corrected chi connectivity index (χ4v) is 3.43. The smallest absolute Gasteiger partial charge is 0.199 e. The van der Waals surface area contributed by atoms with Crippen LogP contribution in [-0.2, 0) is 13.6 Å². The average molecular weight is 369 g/mol. The van der Waals surface area contributed by atoms with Crippen molar-refractivity contribution in [3.05, 3.63) is 59.1 Å². The van der Waals surface area contributed by atoms with Crippen LogP contribution in [-0.4, -0.2) is 36.4 Å². The highest BCUT2D eigenvalue weighted by atomic mass is 35.5. The Morgan fingerprint density at radius 2 is 2.00 bits per heavy atom. The summed E-state index contributed by atoms with van der Waals surface area (Å²) in [5.74, 6) is 0.856. The fourth-order valence-electron chi connectivity index (χ4n) is 3.18. The molecule has 134 valence electrons. The van der Waals surface area contributed by atoms with Gasteiger partial charge in [-0.2, -0.15) is 5.10 Å². The highest BCUT2D eigenvalue weighted by Gasteiger charge is 2.20. The minimum absolute atomic E-state index is 0.413. The number of nitrogens with zero attached hydrogens (tertiary/aromatic N) is 6. The largest absolute Gasteiger partial charge is 0.341 e. The highest BCUT2D eigenvalue weighted by Crippen LogP contribution is 2.17. The van der Waals surface area contributed by atoms with Crippen molar-refractivity contribution in [3.63, 3.8) is 0 Å². The Bertz CT molecular complexity index is 1020. The van der Waals surface area contributed by atoms with Gasteiger partial charge in [0.25, 0.3) is 0 Å². The van der Waals surface area contributed by atoms with Crippen molar-refractivity contribution in [3.8, 4) is 11.4 Å². The Labute approximate surface area is 157 Å². The fraction of sp³-hybridized carbons (Fsp3) is 0.316. The number of benzene rings is 1. The lowest BCUT2D eigenvalue weighted by Crippen LogP contribution is -2.42. The van der Waals surface area contributed by atoms with Crippen LogP contribution in [0, 0.1) is 0 Å². The van der Waals surface area contributed by atoms with Crippen LogP contribution in [0.15, 0.2) is 47.7 Å². The first-order chi connectivity index (χ1) is 12.7. The van der Waals surface area contributed by atoms with Crippen LogP contribution in [0.3, 0.4) is 0 Å². The van der Waals surface area contributed by atoms with Gasteiger partial charge in [0.15, 0.2) is 11.1 Å². The van der Waals surface area contributed by atoms with Gasteiger partial charge < -0.3 is 9.47 Å². The molecule has 3 heterocycles. The molecule has 4 rings (SSSR count). The van der Waals surface area contributed by atoms with Crippen LogP contribution in [0.25, 0.3) is 17.6 Å². The number of fused-ring (bicyclic) bond motifs is 1. The molecule has 0 aliphatic carbocycles. The van der Waals surface area contributed by atoms with Crippen LogP contribution in [0.2, 0.25) is 0 Å². The SMILES string of the molecule is CCCN1C=c2c(nc(-c3cnn(C)c3)n2Cc2ccccc2)=NC1Cl. The van der Waals surface area contributed by atoms with Gasteiger partial charge in [-0.05, 0) is 12.0 Å². The molecule has 0 bridgehead atoms. The van der Waals surface area contributed by atoms with E-state index in [9.17, 15) is 0 Å². The summed E-state index contributed by atoms with van der Waals surface area (Å²) in [4.78, 5) is 11.4. The lowest BCUT2D eigenvalue weighted by Gasteiger charge is -2.24. The summed E-state index contributed by atoms with van der Waals surface area (Å²) >= 11 is 6.42. The summed E-state index contributed by atoms with van der Waals surface area (Å²) in [6.45, 7) is 3.71. The minimum atomic E-state index is -0.413. The van der Waals surface area contributed by atoms with Crippen LogP contribution in [0.4, 0.5) is 0 Å². The van der Waals surface area contributed by atoms with Crippen molar-refractivity contribution in [2.75, 3.05) is 6.54 Å². The number of rotatable bonds is 5. The maximum atomic E-state index is 6.42. The first-order valence-corrected chi connectivity index (χ1v) is 9.18. The predicted octanol–water partition coefficient (Wildman–Crippen LogP) is 1.94. The summed E-state index contributed by atoms with van der Waals surface area (Å²) in [6.07, 6.45) is 6.89. The van der Waals surface area contributed by atoms with E-state index >= 15 is 0 Å².